The van der Waals surface area contributed by atoms with Gasteiger partial charge < -0.3 is 0 Å². The molecule has 0 aliphatic heterocycles. The second-order valence-electron chi connectivity index (χ2n) is 3.49. The Balaban J connectivity index is 2.30. The number of hydrogen-bond donors (Lipinski definition) is 2. The first-order valence-corrected chi connectivity index (χ1v) is 6.17. The lowest BCUT2D eigenvalue weighted by Gasteiger charge is -2.15. The summed E-state index contributed by atoms with van der Waals surface area (Å²) in [6.07, 6.45) is 2.84. The molecule has 0 bridgehead atoms. The van der Waals surface area contributed by atoms with Gasteiger partial charge in [0.25, 0.3) is 0 Å². The Labute approximate surface area is 98.3 Å². The Bertz CT molecular complexity index is 422. The molecule has 0 amide bonds. The van der Waals surface area contributed by atoms with E-state index in [-0.39, 0.29) is 6.04 Å². The van der Waals surface area contributed by atoms with Gasteiger partial charge in [-0.1, -0.05) is 6.92 Å². The lowest BCUT2D eigenvalue weighted by atomic mass is 10.1. The SMILES string of the molecule is CCCn1nccc1C(NN)c1cscn1. The van der Waals surface area contributed by atoms with Crippen LogP contribution in [0.5, 0.6) is 0 Å². The van der Waals surface area contributed by atoms with Crippen LogP contribution < -0.4 is 11.3 Å². The van der Waals surface area contributed by atoms with Crippen LogP contribution >= 0.6 is 11.3 Å². The molecule has 2 rings (SSSR count). The fourth-order valence-corrected chi connectivity index (χ4v) is 2.25. The Morgan fingerprint density at radius 3 is 3.12 bits per heavy atom. The number of aromatic nitrogens is 3. The molecule has 0 aliphatic rings. The molecule has 0 aliphatic carbocycles. The number of rotatable bonds is 5. The molecule has 0 radical (unpaired) electrons. The zero-order valence-electron chi connectivity index (χ0n) is 9.13. The zero-order valence-corrected chi connectivity index (χ0v) is 9.94. The van der Waals surface area contributed by atoms with E-state index in [9.17, 15) is 0 Å². The first-order valence-electron chi connectivity index (χ1n) is 5.22. The normalized spacial score (nSPS) is 12.9. The van der Waals surface area contributed by atoms with E-state index in [1.807, 2.05) is 16.1 Å². The van der Waals surface area contributed by atoms with Gasteiger partial charge in [0.1, 0.15) is 6.04 Å². The molecule has 0 fully saturated rings. The monoisotopic (exact) mass is 237 g/mol. The van der Waals surface area contributed by atoms with Crippen molar-refractivity contribution in [1.29, 1.82) is 0 Å². The second-order valence-corrected chi connectivity index (χ2v) is 4.21. The van der Waals surface area contributed by atoms with Crippen LogP contribution in [0.2, 0.25) is 0 Å². The number of hydrogen-bond acceptors (Lipinski definition) is 5. The third kappa shape index (κ3) is 2.13. The molecule has 2 aromatic heterocycles. The van der Waals surface area contributed by atoms with Crippen molar-refractivity contribution in [2.24, 2.45) is 5.84 Å². The molecule has 16 heavy (non-hydrogen) atoms. The van der Waals surface area contributed by atoms with Gasteiger partial charge in [0, 0.05) is 18.1 Å². The summed E-state index contributed by atoms with van der Waals surface area (Å²) in [7, 11) is 0. The Morgan fingerprint density at radius 2 is 2.50 bits per heavy atom. The third-order valence-electron chi connectivity index (χ3n) is 2.39. The highest BCUT2D eigenvalue weighted by Crippen LogP contribution is 2.20. The standard InChI is InChI=1S/C10H15N5S/c1-2-5-15-9(3-4-13-15)10(14-11)8-6-16-7-12-8/h3-4,6-7,10,14H,2,5,11H2,1H3. The van der Waals surface area contributed by atoms with Crippen molar-refractivity contribution in [3.8, 4) is 0 Å². The molecule has 1 unspecified atom stereocenters. The summed E-state index contributed by atoms with van der Waals surface area (Å²) in [4.78, 5) is 4.28. The van der Waals surface area contributed by atoms with Gasteiger partial charge in [-0.3, -0.25) is 10.5 Å². The number of hydrazine groups is 1. The van der Waals surface area contributed by atoms with Gasteiger partial charge in [0.15, 0.2) is 0 Å². The summed E-state index contributed by atoms with van der Waals surface area (Å²) < 4.78 is 1.96. The smallest absolute Gasteiger partial charge is 0.106 e. The Morgan fingerprint density at radius 1 is 1.62 bits per heavy atom. The number of nitrogens with two attached hydrogens (primary N) is 1. The summed E-state index contributed by atoms with van der Waals surface area (Å²) >= 11 is 1.56. The maximum atomic E-state index is 5.59. The van der Waals surface area contributed by atoms with Crippen molar-refractivity contribution in [2.75, 3.05) is 0 Å². The van der Waals surface area contributed by atoms with Crippen LogP contribution in [0.3, 0.4) is 0 Å². The fourth-order valence-electron chi connectivity index (χ4n) is 1.67. The molecular weight excluding hydrogens is 222 g/mol. The van der Waals surface area contributed by atoms with E-state index in [1.165, 1.54) is 0 Å². The van der Waals surface area contributed by atoms with E-state index in [4.69, 9.17) is 5.84 Å². The molecule has 0 spiro atoms. The highest BCUT2D eigenvalue weighted by Gasteiger charge is 2.18. The van der Waals surface area contributed by atoms with Gasteiger partial charge in [0.2, 0.25) is 0 Å². The summed E-state index contributed by atoms with van der Waals surface area (Å²) in [6, 6.07) is 1.89. The van der Waals surface area contributed by atoms with Gasteiger partial charge in [0.05, 0.1) is 16.9 Å². The maximum absolute atomic E-state index is 5.59. The topological polar surface area (TPSA) is 68.8 Å². The average Bonchev–Trinajstić information content (AvgIpc) is 2.92. The largest absolute Gasteiger partial charge is 0.270 e. The van der Waals surface area contributed by atoms with Gasteiger partial charge in [-0.05, 0) is 12.5 Å². The van der Waals surface area contributed by atoms with E-state index in [0.29, 0.717) is 0 Å². The van der Waals surface area contributed by atoms with Crippen LogP contribution in [-0.4, -0.2) is 14.8 Å². The van der Waals surface area contributed by atoms with Gasteiger partial charge in [-0.25, -0.2) is 10.4 Å². The van der Waals surface area contributed by atoms with Crippen molar-refractivity contribution in [3.05, 3.63) is 34.5 Å². The first-order chi connectivity index (χ1) is 7.86. The van der Waals surface area contributed by atoms with E-state index in [1.54, 1.807) is 23.0 Å². The predicted octanol–water partition coefficient (Wildman–Crippen LogP) is 1.30. The van der Waals surface area contributed by atoms with E-state index < -0.39 is 0 Å². The van der Waals surface area contributed by atoms with Crippen molar-refractivity contribution in [1.82, 2.24) is 20.2 Å². The van der Waals surface area contributed by atoms with Crippen molar-refractivity contribution >= 4 is 11.3 Å². The molecule has 6 heteroatoms. The molecule has 3 N–H and O–H groups in total. The molecule has 0 saturated heterocycles. The van der Waals surface area contributed by atoms with E-state index >= 15 is 0 Å². The first kappa shape index (κ1) is 11.3. The lowest BCUT2D eigenvalue weighted by Crippen LogP contribution is -2.31. The molecule has 5 nitrogen and oxygen atoms in total. The number of aryl methyl sites for hydroxylation is 1. The van der Waals surface area contributed by atoms with Gasteiger partial charge in [-0.2, -0.15) is 5.10 Å². The minimum atomic E-state index is -0.0831. The molecule has 2 aromatic rings. The lowest BCUT2D eigenvalue weighted by molar-refractivity contribution is 0.516. The average molecular weight is 237 g/mol. The minimum Gasteiger partial charge on any atom is -0.270 e. The quantitative estimate of drug-likeness (QED) is 0.607. The predicted molar refractivity (Wildman–Crippen MR) is 63.8 cm³/mol. The van der Waals surface area contributed by atoms with Crippen molar-refractivity contribution < 1.29 is 0 Å². The third-order valence-corrected chi connectivity index (χ3v) is 3.00. The molecule has 2 heterocycles. The van der Waals surface area contributed by atoms with Crippen LogP contribution in [-0.2, 0) is 6.54 Å². The summed E-state index contributed by atoms with van der Waals surface area (Å²) in [5.41, 5.74) is 6.58. The molecule has 0 saturated carbocycles. The van der Waals surface area contributed by atoms with Gasteiger partial charge >= 0.3 is 0 Å². The van der Waals surface area contributed by atoms with Gasteiger partial charge in [-0.15, -0.1) is 11.3 Å². The van der Waals surface area contributed by atoms with E-state index in [0.717, 1.165) is 24.4 Å². The fraction of sp³-hybridized carbons (Fsp3) is 0.400. The highest BCUT2D eigenvalue weighted by atomic mass is 32.1. The Kier molecular flexibility index (Phi) is 3.66. The maximum Gasteiger partial charge on any atom is 0.106 e. The van der Waals surface area contributed by atoms with Crippen LogP contribution in [0.15, 0.2) is 23.2 Å². The summed E-state index contributed by atoms with van der Waals surface area (Å²) in [5, 5.41) is 6.28. The van der Waals surface area contributed by atoms with E-state index in [2.05, 4.69) is 22.4 Å². The van der Waals surface area contributed by atoms with Crippen LogP contribution in [0.1, 0.15) is 30.8 Å². The zero-order chi connectivity index (χ0) is 11.4. The molecule has 1 atom stereocenters. The number of nitrogens with zero attached hydrogens (tertiary/aromatic N) is 3. The van der Waals surface area contributed by atoms with Crippen LogP contribution in [0.4, 0.5) is 0 Å². The second kappa shape index (κ2) is 5.20. The number of thiazole rings is 1. The number of nitrogens with one attached hydrogen (secondary N) is 1. The van der Waals surface area contributed by atoms with Crippen LogP contribution in [0.25, 0.3) is 0 Å². The minimum absolute atomic E-state index is 0.0831. The van der Waals surface area contributed by atoms with Crippen molar-refractivity contribution in [3.63, 3.8) is 0 Å². The van der Waals surface area contributed by atoms with Crippen molar-refractivity contribution in [2.45, 2.75) is 25.9 Å². The van der Waals surface area contributed by atoms with Crippen LogP contribution in [0, 0.1) is 0 Å². The molecule has 86 valence electrons. The summed E-state index contributed by atoms with van der Waals surface area (Å²) in [6.45, 7) is 3.02. The molecule has 0 aromatic carbocycles. The summed E-state index contributed by atoms with van der Waals surface area (Å²) in [5.74, 6) is 5.59. The highest BCUT2D eigenvalue weighted by molar-refractivity contribution is 7.07. The Hall–Kier alpha value is -1.24. The molecular formula is C10H15N5S.